The third-order valence-electron chi connectivity index (χ3n) is 5.81. The first kappa shape index (κ1) is 26.8. The van der Waals surface area contributed by atoms with Crippen molar-refractivity contribution in [2.24, 2.45) is 5.10 Å². The van der Waals surface area contributed by atoms with Crippen LogP contribution in [-0.4, -0.2) is 28.7 Å². The molecule has 194 valence electrons. The zero-order chi connectivity index (χ0) is 27.4. The van der Waals surface area contributed by atoms with Gasteiger partial charge >= 0.3 is 12.1 Å². The molecule has 2 N–H and O–H groups in total. The maximum atomic E-state index is 13.2. The second kappa shape index (κ2) is 11.0. The molecule has 0 aliphatic rings. The van der Waals surface area contributed by atoms with E-state index in [2.05, 4.69) is 22.4 Å². The van der Waals surface area contributed by atoms with Crippen LogP contribution in [0.2, 0.25) is 5.02 Å². The lowest BCUT2D eigenvalue weighted by Gasteiger charge is -2.11. The number of nitrogens with zero attached hydrogens (tertiary/aromatic N) is 2. The maximum Gasteiger partial charge on any atom is 0.471 e. The van der Waals surface area contributed by atoms with Gasteiger partial charge in [0.2, 0.25) is 0 Å². The number of benzene rings is 3. The largest absolute Gasteiger partial charge is 0.471 e. The quantitative estimate of drug-likeness (QED) is 0.210. The van der Waals surface area contributed by atoms with Gasteiger partial charge in [-0.2, -0.15) is 18.3 Å². The highest BCUT2D eigenvalue weighted by Gasteiger charge is 2.38. The third kappa shape index (κ3) is 6.00. The molecular formula is C28H22ClF3N4O2. The fourth-order valence-corrected chi connectivity index (χ4v) is 3.96. The lowest BCUT2D eigenvalue weighted by molar-refractivity contribution is -0.167. The number of halogens is 4. The molecule has 1 aromatic heterocycles. The topological polar surface area (TPSA) is 83.5 Å². The molecule has 0 aliphatic carbocycles. The monoisotopic (exact) mass is 538 g/mol. The number of hydrogen-bond acceptors (Lipinski definition) is 4. The Labute approximate surface area is 221 Å². The Kier molecular flexibility index (Phi) is 7.78. The zero-order valence-corrected chi connectivity index (χ0v) is 21.1. The number of aromatic nitrogens is 1. The van der Waals surface area contributed by atoms with Crippen LogP contribution in [0.1, 0.15) is 35.3 Å². The first-order valence-electron chi connectivity index (χ1n) is 11.6. The molecule has 1 heterocycles. The van der Waals surface area contributed by atoms with Crippen molar-refractivity contribution in [3.05, 3.63) is 94.5 Å². The van der Waals surface area contributed by atoms with Gasteiger partial charge in [0.15, 0.2) is 0 Å². The molecule has 0 spiro atoms. The van der Waals surface area contributed by atoms with E-state index in [1.54, 1.807) is 42.6 Å². The predicted molar refractivity (Wildman–Crippen MR) is 142 cm³/mol. The third-order valence-corrected chi connectivity index (χ3v) is 6.12. The minimum Gasteiger partial charge on any atom is -0.318 e. The highest BCUT2D eigenvalue weighted by Crippen LogP contribution is 2.29. The first-order chi connectivity index (χ1) is 18.1. The smallest absolute Gasteiger partial charge is 0.318 e. The van der Waals surface area contributed by atoms with Gasteiger partial charge in [0, 0.05) is 16.6 Å². The van der Waals surface area contributed by atoms with Crippen molar-refractivity contribution in [3.63, 3.8) is 0 Å². The Bertz CT molecular complexity index is 1550. The second-order valence-corrected chi connectivity index (χ2v) is 8.82. The van der Waals surface area contributed by atoms with E-state index in [9.17, 15) is 22.8 Å². The maximum absolute atomic E-state index is 13.2. The van der Waals surface area contributed by atoms with Crippen LogP contribution in [0.3, 0.4) is 0 Å². The van der Waals surface area contributed by atoms with E-state index in [0.717, 1.165) is 17.5 Å². The molecule has 0 atom stereocenters. The predicted octanol–water partition coefficient (Wildman–Crippen LogP) is 6.77. The van der Waals surface area contributed by atoms with Crippen LogP contribution in [0.25, 0.3) is 22.2 Å². The number of hydrogen-bond donors (Lipinski definition) is 2. The number of carbonyl (C=O) groups is 2. The van der Waals surface area contributed by atoms with Gasteiger partial charge < -0.3 is 5.32 Å². The summed E-state index contributed by atoms with van der Waals surface area (Å²) in [6, 6.07) is 20.3. The molecule has 0 bridgehead atoms. The van der Waals surface area contributed by atoms with Crippen LogP contribution in [0.5, 0.6) is 0 Å². The van der Waals surface area contributed by atoms with Gasteiger partial charge in [0.1, 0.15) is 0 Å². The highest BCUT2D eigenvalue weighted by molar-refractivity contribution is 6.35. The van der Waals surface area contributed by atoms with Gasteiger partial charge in [-0.3, -0.25) is 9.59 Å². The molecule has 10 heteroatoms. The number of aryl methyl sites for hydroxylation is 1. The molecule has 4 rings (SSSR count). The molecular weight excluding hydrogens is 517 g/mol. The SMILES string of the molecule is CCc1ccc(-c2cc(C(=O)N/N=C(\C)c3cccc(NC(=O)C(F)(F)F)c3)c3cccc(Cl)c3n2)cc1. The number of fused-ring (bicyclic) bond motifs is 1. The minimum absolute atomic E-state index is 0.0563. The summed E-state index contributed by atoms with van der Waals surface area (Å²) in [6.07, 6.45) is -4.12. The van der Waals surface area contributed by atoms with Crippen molar-refractivity contribution in [2.45, 2.75) is 26.4 Å². The Hall–Kier alpha value is -4.24. The molecule has 0 aliphatic heterocycles. The number of para-hydroxylation sites is 1. The van der Waals surface area contributed by atoms with Crippen LogP contribution >= 0.6 is 11.6 Å². The number of nitrogens with one attached hydrogen (secondary N) is 2. The molecule has 2 amide bonds. The summed E-state index contributed by atoms with van der Waals surface area (Å²) in [7, 11) is 0. The van der Waals surface area contributed by atoms with Crippen LogP contribution < -0.4 is 10.7 Å². The lowest BCUT2D eigenvalue weighted by atomic mass is 10.0. The van der Waals surface area contributed by atoms with Gasteiger partial charge in [0.05, 0.1) is 27.5 Å². The molecule has 0 fully saturated rings. The summed E-state index contributed by atoms with van der Waals surface area (Å²) in [6.45, 7) is 3.63. The number of anilines is 1. The molecule has 0 saturated carbocycles. The summed E-state index contributed by atoms with van der Waals surface area (Å²) in [4.78, 5) is 29.2. The number of pyridine rings is 1. The average Bonchev–Trinajstić information content (AvgIpc) is 2.91. The van der Waals surface area contributed by atoms with Crippen LogP contribution in [0, 0.1) is 0 Å². The van der Waals surface area contributed by atoms with Crippen molar-refractivity contribution < 1.29 is 22.8 Å². The van der Waals surface area contributed by atoms with Gasteiger partial charge in [0.25, 0.3) is 5.91 Å². The van der Waals surface area contributed by atoms with Crippen LogP contribution in [-0.2, 0) is 11.2 Å². The first-order valence-corrected chi connectivity index (χ1v) is 12.0. The summed E-state index contributed by atoms with van der Waals surface area (Å²) >= 11 is 6.41. The van der Waals surface area contributed by atoms with E-state index < -0.39 is 18.0 Å². The molecule has 38 heavy (non-hydrogen) atoms. The fourth-order valence-electron chi connectivity index (χ4n) is 3.74. The Balaban J connectivity index is 1.63. The van der Waals surface area contributed by atoms with Crippen molar-refractivity contribution in [1.82, 2.24) is 10.4 Å². The van der Waals surface area contributed by atoms with Crippen molar-refractivity contribution in [1.29, 1.82) is 0 Å². The van der Waals surface area contributed by atoms with Crippen molar-refractivity contribution >= 4 is 45.7 Å². The molecule has 4 aromatic rings. The number of amides is 2. The minimum atomic E-state index is -5.01. The van der Waals surface area contributed by atoms with Crippen LogP contribution in [0.4, 0.5) is 18.9 Å². The van der Waals surface area contributed by atoms with E-state index >= 15 is 0 Å². The summed E-state index contributed by atoms with van der Waals surface area (Å²) in [5, 5.41) is 6.84. The van der Waals surface area contributed by atoms with Crippen molar-refractivity contribution in [3.8, 4) is 11.3 Å². The molecule has 0 unspecified atom stereocenters. The van der Waals surface area contributed by atoms with Gasteiger partial charge in [-0.1, -0.05) is 67.1 Å². The van der Waals surface area contributed by atoms with E-state index in [1.165, 1.54) is 18.2 Å². The standard InChI is InChI=1S/C28H22ClF3N4O2/c1-3-17-10-12-18(13-11-17)24-15-22(21-8-5-9-23(29)25(21)34-24)26(37)36-35-16(2)19-6-4-7-20(14-19)33-27(38)28(30,31)32/h4-15H,3H2,1-2H3,(H,33,38)(H,36,37)/b35-16+. The molecule has 3 aromatic carbocycles. The van der Waals surface area contributed by atoms with Crippen LogP contribution in [0.15, 0.2) is 77.9 Å². The number of rotatable bonds is 6. The number of carbonyl (C=O) groups excluding carboxylic acids is 2. The summed E-state index contributed by atoms with van der Waals surface area (Å²) in [5.41, 5.74) is 6.47. The van der Waals surface area contributed by atoms with Gasteiger partial charge in [-0.05, 0) is 48.7 Å². The lowest BCUT2D eigenvalue weighted by Crippen LogP contribution is -2.29. The summed E-state index contributed by atoms with van der Waals surface area (Å²) < 4.78 is 37.7. The van der Waals surface area contributed by atoms with E-state index in [0.29, 0.717) is 38.5 Å². The zero-order valence-electron chi connectivity index (χ0n) is 20.4. The van der Waals surface area contributed by atoms with Crippen molar-refractivity contribution in [2.75, 3.05) is 5.32 Å². The molecule has 0 radical (unpaired) electrons. The second-order valence-electron chi connectivity index (χ2n) is 8.41. The summed E-state index contributed by atoms with van der Waals surface area (Å²) in [5.74, 6) is -2.60. The highest BCUT2D eigenvalue weighted by atomic mass is 35.5. The Morgan fingerprint density at radius 3 is 2.39 bits per heavy atom. The van der Waals surface area contributed by atoms with Gasteiger partial charge in [-0.15, -0.1) is 0 Å². The number of alkyl halides is 3. The normalized spacial score (nSPS) is 11.9. The van der Waals surface area contributed by atoms with E-state index in [1.807, 2.05) is 24.3 Å². The molecule has 6 nitrogen and oxygen atoms in total. The Morgan fingerprint density at radius 1 is 1.00 bits per heavy atom. The number of hydrazone groups is 1. The average molecular weight is 539 g/mol. The van der Waals surface area contributed by atoms with E-state index in [4.69, 9.17) is 11.6 Å². The fraction of sp³-hybridized carbons (Fsp3) is 0.143. The molecule has 0 saturated heterocycles. The van der Waals surface area contributed by atoms with E-state index in [-0.39, 0.29) is 5.69 Å². The van der Waals surface area contributed by atoms with Gasteiger partial charge in [-0.25, -0.2) is 10.4 Å². The Morgan fingerprint density at radius 2 is 1.71 bits per heavy atom.